The van der Waals surface area contributed by atoms with Crippen molar-refractivity contribution in [2.75, 3.05) is 6.54 Å². The van der Waals surface area contributed by atoms with Crippen LogP contribution in [0.5, 0.6) is 0 Å². The minimum Gasteiger partial charge on any atom is -0.480 e. The van der Waals surface area contributed by atoms with Crippen LogP contribution in [-0.4, -0.2) is 57.2 Å². The topological polar surface area (TPSA) is 164 Å². The lowest BCUT2D eigenvalue weighted by atomic mass is 10.1. The van der Waals surface area contributed by atoms with E-state index in [4.69, 9.17) is 15.6 Å². The molecule has 16 heteroatoms. The summed E-state index contributed by atoms with van der Waals surface area (Å²) >= 11 is 0. The maximum absolute atomic E-state index is 12.7. The zero-order chi connectivity index (χ0) is 30.0. The molecule has 0 aliphatic heterocycles. The van der Waals surface area contributed by atoms with Gasteiger partial charge in [0.25, 0.3) is 11.5 Å². The fourth-order valence-electron chi connectivity index (χ4n) is 2.87. The quantitative estimate of drug-likeness (QED) is 0.157. The van der Waals surface area contributed by atoms with Gasteiger partial charge in [-0.3, -0.25) is 14.6 Å². The van der Waals surface area contributed by atoms with Crippen LogP contribution < -0.4 is 16.6 Å². The lowest BCUT2D eigenvalue weighted by Gasteiger charge is -2.15. The molecule has 1 aromatic carbocycles. The van der Waals surface area contributed by atoms with Crippen LogP contribution >= 0.6 is 0 Å². The number of hydrogen-bond donors (Lipinski definition) is 4. The van der Waals surface area contributed by atoms with Gasteiger partial charge in [-0.15, -0.1) is 0 Å². The monoisotopic (exact) mass is 566 g/mol. The number of carbonyl (C=O) groups excluding carboxylic acids is 1. The van der Waals surface area contributed by atoms with Crippen molar-refractivity contribution in [1.82, 2.24) is 9.88 Å². The van der Waals surface area contributed by atoms with E-state index in [0.717, 1.165) is 16.7 Å². The normalized spacial score (nSPS) is 12.6. The molecule has 0 radical (unpaired) electrons. The van der Waals surface area contributed by atoms with Crippen LogP contribution in [0.2, 0.25) is 0 Å². The third kappa shape index (κ3) is 11.3. The minimum atomic E-state index is -5.08. The first kappa shape index (κ1) is 32.7. The number of nitrogens with two attached hydrogens (primary N) is 1. The summed E-state index contributed by atoms with van der Waals surface area (Å²) in [6.45, 7) is 1.84. The Morgan fingerprint density at radius 3 is 2.08 bits per heavy atom. The van der Waals surface area contributed by atoms with E-state index in [0.29, 0.717) is 24.4 Å². The second-order valence-corrected chi connectivity index (χ2v) is 7.88. The number of amides is 1. The number of rotatable bonds is 9. The number of aliphatic carboxylic acids is 2. The summed E-state index contributed by atoms with van der Waals surface area (Å²) in [5.41, 5.74) is 4.06. The zero-order valence-corrected chi connectivity index (χ0v) is 20.2. The number of carboxylic acids is 2. The molecule has 0 unspecified atom stereocenters. The van der Waals surface area contributed by atoms with E-state index < -0.39 is 47.4 Å². The van der Waals surface area contributed by atoms with Crippen molar-refractivity contribution < 1.29 is 50.9 Å². The highest BCUT2D eigenvalue weighted by Gasteiger charge is 2.38. The summed E-state index contributed by atoms with van der Waals surface area (Å²) in [5, 5.41) is 18.8. The van der Waals surface area contributed by atoms with Gasteiger partial charge < -0.3 is 25.8 Å². The van der Waals surface area contributed by atoms with E-state index in [2.05, 4.69) is 10.3 Å². The van der Waals surface area contributed by atoms with Crippen molar-refractivity contribution >= 4 is 23.7 Å². The minimum absolute atomic E-state index is 0.0586. The van der Waals surface area contributed by atoms with Crippen LogP contribution in [0.15, 0.2) is 52.4 Å². The van der Waals surface area contributed by atoms with Gasteiger partial charge in [0.1, 0.15) is 11.6 Å². The Labute approximate surface area is 216 Å². The molecule has 1 amide bonds. The fraction of sp³-hybridized carbons (Fsp3) is 0.348. The van der Waals surface area contributed by atoms with E-state index in [9.17, 15) is 45.8 Å². The van der Waals surface area contributed by atoms with Gasteiger partial charge in [-0.1, -0.05) is 12.1 Å². The van der Waals surface area contributed by atoms with E-state index in [1.807, 2.05) is 0 Å². The second kappa shape index (κ2) is 14.0. The summed E-state index contributed by atoms with van der Waals surface area (Å²) in [6, 6.07) is 5.76. The Balaban J connectivity index is 0.000000956. The number of aliphatic imine (C=N–C) groups is 1. The molecule has 0 aliphatic rings. The van der Waals surface area contributed by atoms with Gasteiger partial charge in [-0.2, -0.15) is 26.3 Å². The third-order valence-corrected chi connectivity index (χ3v) is 4.76. The molecule has 10 nitrogen and oxygen atoms in total. The number of pyridine rings is 1. The largest absolute Gasteiger partial charge is 0.490 e. The lowest BCUT2D eigenvalue weighted by molar-refractivity contribution is -0.192. The molecule has 0 fully saturated rings. The molecule has 0 saturated heterocycles. The highest BCUT2D eigenvalue weighted by atomic mass is 19.4. The average molecular weight is 566 g/mol. The van der Waals surface area contributed by atoms with Crippen LogP contribution in [-0.2, 0) is 22.3 Å². The number of halogens is 6. The molecule has 0 spiro atoms. The first-order valence-corrected chi connectivity index (χ1v) is 10.9. The van der Waals surface area contributed by atoms with Crippen LogP contribution in [0.1, 0.15) is 41.3 Å². The second-order valence-electron chi connectivity index (χ2n) is 7.88. The van der Waals surface area contributed by atoms with Crippen molar-refractivity contribution in [3.63, 3.8) is 0 Å². The zero-order valence-electron chi connectivity index (χ0n) is 20.2. The molecule has 1 heterocycles. The molecule has 214 valence electrons. The van der Waals surface area contributed by atoms with Crippen molar-refractivity contribution in [2.45, 2.75) is 44.7 Å². The van der Waals surface area contributed by atoms with Crippen LogP contribution in [0.25, 0.3) is 0 Å². The van der Waals surface area contributed by atoms with Crippen LogP contribution in [0, 0.1) is 0 Å². The highest BCUT2D eigenvalue weighted by molar-refractivity contribution is 5.96. The van der Waals surface area contributed by atoms with E-state index >= 15 is 0 Å². The summed E-state index contributed by atoms with van der Waals surface area (Å²) in [4.78, 5) is 49.5. The number of nitrogens with one attached hydrogen (secondary N) is 1. The third-order valence-electron chi connectivity index (χ3n) is 4.76. The van der Waals surface area contributed by atoms with Gasteiger partial charge in [-0.05, 0) is 49.6 Å². The SMILES string of the molecule is CC(N)=NCCC[C@H](NC(=O)c1cccn(Cc2ccc(C(F)(F)F)cc2)c1=O)C(=O)O.O=C(O)C(F)(F)F. The summed E-state index contributed by atoms with van der Waals surface area (Å²) in [7, 11) is 0. The van der Waals surface area contributed by atoms with Crippen molar-refractivity contribution in [1.29, 1.82) is 0 Å². The predicted molar refractivity (Wildman–Crippen MR) is 125 cm³/mol. The molecule has 0 bridgehead atoms. The van der Waals surface area contributed by atoms with Crippen molar-refractivity contribution in [2.24, 2.45) is 10.7 Å². The van der Waals surface area contributed by atoms with Gasteiger partial charge in [0.2, 0.25) is 0 Å². The first-order chi connectivity index (χ1) is 17.9. The maximum Gasteiger partial charge on any atom is 0.490 e. The number of benzene rings is 1. The van der Waals surface area contributed by atoms with Gasteiger partial charge >= 0.3 is 24.3 Å². The van der Waals surface area contributed by atoms with E-state index in [1.165, 1.54) is 30.5 Å². The average Bonchev–Trinajstić information content (AvgIpc) is 2.81. The molecule has 0 saturated carbocycles. The Morgan fingerprint density at radius 2 is 1.62 bits per heavy atom. The summed E-state index contributed by atoms with van der Waals surface area (Å²) in [5.74, 6) is -4.51. The molecule has 2 rings (SSSR count). The number of aromatic nitrogens is 1. The number of alkyl halides is 6. The molecule has 2 aromatic rings. The number of nitrogens with zero attached hydrogens (tertiary/aromatic N) is 2. The molecule has 0 aliphatic carbocycles. The standard InChI is InChI=1S/C21H23F3N4O4.C2HF3O2/c1-13(25)26-10-2-5-17(20(31)32)27-18(29)16-4-3-11-28(19(16)30)12-14-6-8-15(9-7-14)21(22,23)24;3-2(4,5)1(6)7/h3-4,6-9,11,17H,2,5,10,12H2,1H3,(H2,25,26)(H,27,29)(H,31,32);(H,6,7)/t17-;/m0./s1. The van der Waals surface area contributed by atoms with E-state index in [-0.39, 0.29) is 18.5 Å². The first-order valence-electron chi connectivity index (χ1n) is 10.9. The smallest absolute Gasteiger partial charge is 0.480 e. The Morgan fingerprint density at radius 1 is 1.05 bits per heavy atom. The predicted octanol–water partition coefficient (Wildman–Crippen LogP) is 2.89. The molecule has 1 aromatic heterocycles. The van der Waals surface area contributed by atoms with Gasteiger partial charge in [-0.25, -0.2) is 9.59 Å². The summed E-state index contributed by atoms with van der Waals surface area (Å²) < 4.78 is 71.0. The number of carbonyl (C=O) groups is 3. The number of carboxylic acid groups (broad SMARTS) is 2. The lowest BCUT2D eigenvalue weighted by Crippen LogP contribution is -2.43. The Hall–Kier alpha value is -4.37. The molecular formula is C23H24F6N4O6. The van der Waals surface area contributed by atoms with Gasteiger partial charge in [0, 0.05) is 12.7 Å². The van der Waals surface area contributed by atoms with Crippen LogP contribution in [0.4, 0.5) is 26.3 Å². The molecule has 39 heavy (non-hydrogen) atoms. The van der Waals surface area contributed by atoms with Gasteiger partial charge in [0.05, 0.1) is 17.9 Å². The highest BCUT2D eigenvalue weighted by Crippen LogP contribution is 2.29. The Bertz CT molecular complexity index is 1240. The fourth-order valence-corrected chi connectivity index (χ4v) is 2.87. The summed E-state index contributed by atoms with van der Waals surface area (Å²) in [6.07, 6.45) is -7.72. The van der Waals surface area contributed by atoms with E-state index in [1.54, 1.807) is 6.92 Å². The number of amidine groups is 1. The van der Waals surface area contributed by atoms with Gasteiger partial charge in [0.15, 0.2) is 0 Å². The van der Waals surface area contributed by atoms with Crippen molar-refractivity contribution in [3.05, 3.63) is 69.6 Å². The van der Waals surface area contributed by atoms with Crippen LogP contribution in [0.3, 0.4) is 0 Å². The molecule has 1 atom stereocenters. The molecular weight excluding hydrogens is 542 g/mol. The molecule has 5 N–H and O–H groups in total. The van der Waals surface area contributed by atoms with Crippen molar-refractivity contribution in [3.8, 4) is 0 Å². The number of hydrogen-bond acceptors (Lipinski definition) is 5. The maximum atomic E-state index is 12.7. The Kier molecular flexibility index (Phi) is 11.7.